The van der Waals surface area contributed by atoms with E-state index >= 15 is 0 Å². The lowest BCUT2D eigenvalue weighted by Crippen LogP contribution is -2.46. The Morgan fingerprint density at radius 2 is 2.35 bits per heavy atom. The fraction of sp³-hybridized carbons (Fsp3) is 0.556. The Hall–Kier alpha value is -1.41. The number of aliphatic carboxylic acids is 1. The van der Waals surface area contributed by atoms with Crippen molar-refractivity contribution in [2.75, 3.05) is 13.1 Å². The van der Waals surface area contributed by atoms with Gasteiger partial charge in [-0.05, 0) is 12.8 Å². The van der Waals surface area contributed by atoms with Crippen molar-refractivity contribution < 1.29 is 18.3 Å². The number of carboxylic acid groups (broad SMARTS) is 1. The molecule has 1 aliphatic heterocycles. The van der Waals surface area contributed by atoms with Crippen LogP contribution in [0.3, 0.4) is 0 Å². The lowest BCUT2D eigenvalue weighted by Gasteiger charge is -2.31. The molecule has 1 N–H and O–H groups in total. The first-order valence-electron chi connectivity index (χ1n) is 5.21. The van der Waals surface area contributed by atoms with Gasteiger partial charge in [0.25, 0.3) is 10.0 Å². The molecular formula is C9H12N3O4S-. The molecule has 0 radical (unpaired) electrons. The van der Waals surface area contributed by atoms with Crippen LogP contribution < -0.4 is 5.11 Å². The smallest absolute Gasteiger partial charge is 0.260 e. The number of nitrogens with one attached hydrogen (secondary N) is 1. The van der Waals surface area contributed by atoms with Crippen LogP contribution in [0.1, 0.15) is 12.8 Å². The lowest BCUT2D eigenvalue weighted by molar-refractivity contribution is -0.312. The largest absolute Gasteiger partial charge is 0.550 e. The van der Waals surface area contributed by atoms with Gasteiger partial charge < -0.3 is 14.9 Å². The molecule has 1 aliphatic rings. The molecule has 8 heteroatoms. The molecule has 0 aliphatic carbocycles. The van der Waals surface area contributed by atoms with Crippen LogP contribution in [0, 0.1) is 5.92 Å². The number of hydrogen-bond donors (Lipinski definition) is 1. The molecule has 7 nitrogen and oxygen atoms in total. The van der Waals surface area contributed by atoms with E-state index < -0.39 is 21.9 Å². The van der Waals surface area contributed by atoms with E-state index in [1.165, 1.54) is 12.5 Å². The fourth-order valence-corrected chi connectivity index (χ4v) is 3.30. The first kappa shape index (κ1) is 12.1. The van der Waals surface area contributed by atoms with Gasteiger partial charge in [-0.25, -0.2) is 13.4 Å². The SMILES string of the molecule is O=C([O-])C1CCCN(S(=O)(=O)c2cnc[nH]2)C1. The number of rotatable bonds is 3. The van der Waals surface area contributed by atoms with Crippen molar-refractivity contribution in [1.82, 2.24) is 14.3 Å². The van der Waals surface area contributed by atoms with Gasteiger partial charge in [-0.15, -0.1) is 0 Å². The minimum absolute atomic E-state index is 0.0171. The highest BCUT2D eigenvalue weighted by Gasteiger charge is 2.31. The minimum atomic E-state index is -3.66. The Bertz CT molecular complexity index is 496. The quantitative estimate of drug-likeness (QED) is 0.714. The number of nitrogens with zero attached hydrogens (tertiary/aromatic N) is 2. The van der Waals surface area contributed by atoms with Gasteiger partial charge in [-0.2, -0.15) is 4.31 Å². The highest BCUT2D eigenvalue weighted by Crippen LogP contribution is 2.22. The van der Waals surface area contributed by atoms with Crippen LogP contribution in [-0.2, 0) is 14.8 Å². The minimum Gasteiger partial charge on any atom is -0.550 e. The summed E-state index contributed by atoms with van der Waals surface area (Å²) in [5, 5.41) is 10.7. The first-order chi connectivity index (χ1) is 8.01. The van der Waals surface area contributed by atoms with Gasteiger partial charge in [0.05, 0.1) is 12.5 Å². The van der Waals surface area contributed by atoms with Crippen LogP contribution in [0.4, 0.5) is 0 Å². The molecule has 1 aromatic heterocycles. The number of hydrogen-bond acceptors (Lipinski definition) is 5. The van der Waals surface area contributed by atoms with E-state index in [0.717, 1.165) is 4.31 Å². The number of piperidine rings is 1. The third-order valence-electron chi connectivity index (χ3n) is 2.81. The zero-order valence-electron chi connectivity index (χ0n) is 9.00. The summed E-state index contributed by atoms with van der Waals surface area (Å²) >= 11 is 0. The molecule has 2 heterocycles. The molecular weight excluding hydrogens is 246 g/mol. The molecule has 0 spiro atoms. The monoisotopic (exact) mass is 258 g/mol. The molecule has 0 amide bonds. The molecule has 1 aromatic rings. The highest BCUT2D eigenvalue weighted by atomic mass is 32.2. The standard InChI is InChI=1S/C9H13N3O4S/c13-9(14)7-2-1-3-12(5-7)17(15,16)8-4-10-6-11-8/h4,6-7H,1-3,5H2,(H,10,11)(H,13,14)/p-1. The van der Waals surface area contributed by atoms with Gasteiger partial charge in [0.1, 0.15) is 0 Å². The molecule has 1 saturated heterocycles. The van der Waals surface area contributed by atoms with Crippen molar-refractivity contribution in [2.45, 2.75) is 17.9 Å². The van der Waals surface area contributed by atoms with E-state index in [4.69, 9.17) is 0 Å². The number of aromatic amines is 1. The second kappa shape index (κ2) is 4.46. The van der Waals surface area contributed by atoms with E-state index in [-0.39, 0.29) is 11.6 Å². The number of sulfonamides is 1. The van der Waals surface area contributed by atoms with Crippen molar-refractivity contribution in [1.29, 1.82) is 0 Å². The average molecular weight is 258 g/mol. The zero-order valence-corrected chi connectivity index (χ0v) is 9.81. The fourth-order valence-electron chi connectivity index (χ4n) is 1.88. The Kier molecular flexibility index (Phi) is 3.16. The summed E-state index contributed by atoms with van der Waals surface area (Å²) in [6.07, 6.45) is 3.45. The summed E-state index contributed by atoms with van der Waals surface area (Å²) in [6, 6.07) is 0. The number of aromatic nitrogens is 2. The van der Waals surface area contributed by atoms with Gasteiger partial charge in [-0.1, -0.05) is 0 Å². The summed E-state index contributed by atoms with van der Waals surface area (Å²) in [7, 11) is -3.66. The zero-order chi connectivity index (χ0) is 12.5. The maximum Gasteiger partial charge on any atom is 0.260 e. The van der Waals surface area contributed by atoms with E-state index in [0.29, 0.717) is 19.4 Å². The van der Waals surface area contributed by atoms with Gasteiger partial charge in [0.15, 0.2) is 5.03 Å². The van der Waals surface area contributed by atoms with E-state index in [9.17, 15) is 18.3 Å². The summed E-state index contributed by atoms with van der Waals surface area (Å²) < 4.78 is 25.3. The topological polar surface area (TPSA) is 106 Å². The molecule has 17 heavy (non-hydrogen) atoms. The van der Waals surface area contributed by atoms with Crippen molar-refractivity contribution in [3.63, 3.8) is 0 Å². The molecule has 1 atom stereocenters. The third kappa shape index (κ3) is 2.32. The molecule has 94 valence electrons. The van der Waals surface area contributed by atoms with E-state index in [1.54, 1.807) is 0 Å². The molecule has 2 rings (SSSR count). The van der Waals surface area contributed by atoms with Gasteiger partial charge in [0, 0.05) is 25.0 Å². The van der Waals surface area contributed by atoms with Crippen LogP contribution in [0.2, 0.25) is 0 Å². The number of carbonyl (C=O) groups is 1. The molecule has 0 bridgehead atoms. The maximum absolute atomic E-state index is 12.1. The Morgan fingerprint density at radius 3 is 2.94 bits per heavy atom. The summed E-state index contributed by atoms with van der Waals surface area (Å²) in [6.45, 7) is 0.287. The number of imidazole rings is 1. The van der Waals surface area contributed by atoms with Crippen LogP contribution in [-0.4, -0.2) is 41.7 Å². The van der Waals surface area contributed by atoms with Crippen molar-refractivity contribution in [3.05, 3.63) is 12.5 Å². The van der Waals surface area contributed by atoms with Crippen molar-refractivity contribution in [3.8, 4) is 0 Å². The third-order valence-corrected chi connectivity index (χ3v) is 4.60. The first-order valence-corrected chi connectivity index (χ1v) is 6.65. The Balaban J connectivity index is 2.20. The van der Waals surface area contributed by atoms with Gasteiger partial charge >= 0.3 is 0 Å². The van der Waals surface area contributed by atoms with Gasteiger partial charge in [0.2, 0.25) is 0 Å². The summed E-state index contributed by atoms with van der Waals surface area (Å²) in [5.74, 6) is -1.93. The number of H-pyrrole nitrogens is 1. The summed E-state index contributed by atoms with van der Waals surface area (Å²) in [4.78, 5) is 16.9. The predicted octanol–water partition coefficient (Wildman–Crippen LogP) is -1.44. The molecule has 0 saturated carbocycles. The number of carboxylic acids is 1. The second-order valence-corrected chi connectivity index (χ2v) is 5.84. The van der Waals surface area contributed by atoms with E-state index in [2.05, 4.69) is 9.97 Å². The second-order valence-electron chi connectivity index (χ2n) is 3.94. The maximum atomic E-state index is 12.1. The highest BCUT2D eigenvalue weighted by molar-refractivity contribution is 7.89. The van der Waals surface area contributed by atoms with Crippen LogP contribution in [0.5, 0.6) is 0 Å². The Labute approximate surface area is 98.5 Å². The van der Waals surface area contributed by atoms with E-state index in [1.807, 2.05) is 0 Å². The molecule has 0 aromatic carbocycles. The van der Waals surface area contributed by atoms with Crippen molar-refractivity contribution in [2.24, 2.45) is 5.92 Å². The van der Waals surface area contributed by atoms with Crippen molar-refractivity contribution >= 4 is 16.0 Å². The van der Waals surface area contributed by atoms with Gasteiger partial charge in [-0.3, -0.25) is 0 Å². The normalized spacial score (nSPS) is 22.5. The summed E-state index contributed by atoms with van der Waals surface area (Å²) in [5.41, 5.74) is 0. The number of carbonyl (C=O) groups excluding carboxylic acids is 1. The predicted molar refractivity (Wildman–Crippen MR) is 55.1 cm³/mol. The molecule has 1 unspecified atom stereocenters. The van der Waals surface area contributed by atoms with Crippen LogP contribution >= 0.6 is 0 Å². The van der Waals surface area contributed by atoms with Crippen LogP contribution in [0.25, 0.3) is 0 Å². The van der Waals surface area contributed by atoms with Crippen LogP contribution in [0.15, 0.2) is 17.6 Å². The Morgan fingerprint density at radius 1 is 1.59 bits per heavy atom. The average Bonchev–Trinajstić information content (AvgIpc) is 2.83. The lowest BCUT2D eigenvalue weighted by atomic mass is 10.0. The molecule has 1 fully saturated rings.